The molecule has 0 aliphatic heterocycles. The third kappa shape index (κ3) is 4.67. The third-order valence-corrected chi connectivity index (χ3v) is 4.14. The van der Waals surface area contributed by atoms with Crippen molar-refractivity contribution in [2.75, 3.05) is 4.43 Å². The summed E-state index contributed by atoms with van der Waals surface area (Å²) in [7, 11) is -4.58. The maximum Gasteiger partial charge on any atom is 0.446 e. The van der Waals surface area contributed by atoms with Crippen LogP contribution < -0.4 is 4.18 Å². The fourth-order valence-corrected chi connectivity index (χ4v) is 3.47. The van der Waals surface area contributed by atoms with Gasteiger partial charge in [-0.3, -0.25) is 4.55 Å². The maximum atomic E-state index is 11.1. The summed E-state index contributed by atoms with van der Waals surface area (Å²) < 4.78 is 37.8. The van der Waals surface area contributed by atoms with Crippen LogP contribution >= 0.6 is 38.5 Å². The summed E-state index contributed by atoms with van der Waals surface area (Å²) in [6, 6.07) is 12.9. The third-order valence-electron chi connectivity index (χ3n) is 2.77. The maximum absolute atomic E-state index is 11.1. The molecular formula is C14H12BrIO4S. The van der Waals surface area contributed by atoms with Crippen LogP contribution in [0.3, 0.4) is 0 Å². The molecule has 0 bridgehead atoms. The van der Waals surface area contributed by atoms with Crippen LogP contribution in [0.2, 0.25) is 0 Å². The lowest BCUT2D eigenvalue weighted by Gasteiger charge is -2.14. The van der Waals surface area contributed by atoms with Gasteiger partial charge in [-0.25, -0.2) is 0 Å². The molecule has 0 aliphatic rings. The van der Waals surface area contributed by atoms with E-state index in [1.54, 1.807) is 12.1 Å². The van der Waals surface area contributed by atoms with Crippen molar-refractivity contribution in [3.05, 3.63) is 52.5 Å². The van der Waals surface area contributed by atoms with Crippen molar-refractivity contribution in [2.24, 2.45) is 0 Å². The number of hydrogen-bond acceptors (Lipinski definition) is 3. The monoisotopic (exact) mass is 482 g/mol. The van der Waals surface area contributed by atoms with Crippen molar-refractivity contribution >= 4 is 48.9 Å². The normalized spacial score (nSPS) is 11.4. The molecule has 112 valence electrons. The predicted octanol–water partition coefficient (Wildman–Crippen LogP) is 4.28. The number of alkyl halides is 1. The first-order valence-electron chi connectivity index (χ1n) is 6.01. The molecular weight excluding hydrogens is 471 g/mol. The van der Waals surface area contributed by atoms with Gasteiger partial charge in [0.15, 0.2) is 5.75 Å². The topological polar surface area (TPSA) is 63.6 Å². The standard InChI is InChI=1S/C14H12BrIO4S/c15-12-8-11(6-7-16)14(20-21(17,18)19)13(9-12)10-4-2-1-3-5-10/h1-5,8-9H,6-7H2,(H,17,18,19). The van der Waals surface area contributed by atoms with Crippen LogP contribution in [-0.4, -0.2) is 17.4 Å². The second kappa shape index (κ2) is 7.08. The zero-order chi connectivity index (χ0) is 15.5. The molecule has 2 aromatic rings. The molecule has 21 heavy (non-hydrogen) atoms. The van der Waals surface area contributed by atoms with E-state index in [2.05, 4.69) is 38.5 Å². The van der Waals surface area contributed by atoms with E-state index in [1.807, 2.05) is 30.3 Å². The van der Waals surface area contributed by atoms with Gasteiger partial charge in [-0.05, 0) is 29.7 Å². The highest BCUT2D eigenvalue weighted by Crippen LogP contribution is 2.37. The van der Waals surface area contributed by atoms with Crippen molar-refractivity contribution in [3.8, 4) is 16.9 Å². The second-order valence-electron chi connectivity index (χ2n) is 4.26. The van der Waals surface area contributed by atoms with Crippen LogP contribution in [-0.2, 0) is 16.8 Å². The molecule has 0 amide bonds. The van der Waals surface area contributed by atoms with Gasteiger partial charge in [0.25, 0.3) is 0 Å². The van der Waals surface area contributed by atoms with E-state index in [1.165, 1.54) is 0 Å². The smallest absolute Gasteiger partial charge is 0.361 e. The highest BCUT2D eigenvalue weighted by Gasteiger charge is 2.18. The van der Waals surface area contributed by atoms with Crippen LogP contribution in [0.25, 0.3) is 11.1 Å². The van der Waals surface area contributed by atoms with Gasteiger partial charge in [0.2, 0.25) is 0 Å². The summed E-state index contributed by atoms with van der Waals surface area (Å²) in [4.78, 5) is 0. The van der Waals surface area contributed by atoms with Gasteiger partial charge in [-0.15, -0.1) is 0 Å². The average molecular weight is 483 g/mol. The Balaban J connectivity index is 2.67. The number of benzene rings is 2. The molecule has 0 aliphatic carbocycles. The summed E-state index contributed by atoms with van der Waals surface area (Å²) in [5.74, 6) is 0.170. The largest absolute Gasteiger partial charge is 0.446 e. The first-order chi connectivity index (χ1) is 9.90. The van der Waals surface area contributed by atoms with Crippen LogP contribution in [0.15, 0.2) is 46.9 Å². The molecule has 7 heteroatoms. The predicted molar refractivity (Wildman–Crippen MR) is 94.3 cm³/mol. The molecule has 0 atom stereocenters. The van der Waals surface area contributed by atoms with Gasteiger partial charge in [0.05, 0.1) is 0 Å². The molecule has 0 saturated carbocycles. The highest BCUT2D eigenvalue weighted by molar-refractivity contribution is 14.1. The number of hydrogen-bond donors (Lipinski definition) is 1. The van der Waals surface area contributed by atoms with Gasteiger partial charge in [-0.2, -0.15) is 8.42 Å². The summed E-state index contributed by atoms with van der Waals surface area (Å²) in [5.41, 5.74) is 2.14. The molecule has 0 radical (unpaired) electrons. The van der Waals surface area contributed by atoms with Gasteiger partial charge >= 0.3 is 10.4 Å². The van der Waals surface area contributed by atoms with E-state index in [0.717, 1.165) is 20.0 Å². The van der Waals surface area contributed by atoms with E-state index in [9.17, 15) is 8.42 Å². The lowest BCUT2D eigenvalue weighted by atomic mass is 10.0. The fourth-order valence-electron chi connectivity index (χ4n) is 1.97. The van der Waals surface area contributed by atoms with Gasteiger partial charge in [0, 0.05) is 14.5 Å². The van der Waals surface area contributed by atoms with E-state index >= 15 is 0 Å². The number of halogens is 2. The fraction of sp³-hybridized carbons (Fsp3) is 0.143. The average Bonchev–Trinajstić information content (AvgIpc) is 2.41. The molecule has 0 heterocycles. The van der Waals surface area contributed by atoms with Crippen LogP contribution in [0, 0.1) is 0 Å². The van der Waals surface area contributed by atoms with Crippen LogP contribution in [0.1, 0.15) is 5.56 Å². The summed E-state index contributed by atoms with van der Waals surface area (Å²) >= 11 is 5.62. The van der Waals surface area contributed by atoms with Crippen molar-refractivity contribution in [1.29, 1.82) is 0 Å². The Morgan fingerprint density at radius 1 is 1.19 bits per heavy atom. The Labute approximate surface area is 145 Å². The molecule has 0 aromatic heterocycles. The minimum Gasteiger partial charge on any atom is -0.361 e. The second-order valence-corrected chi connectivity index (χ2v) is 7.27. The highest BCUT2D eigenvalue weighted by atomic mass is 127. The molecule has 0 saturated heterocycles. The first kappa shape index (κ1) is 16.7. The Morgan fingerprint density at radius 3 is 2.43 bits per heavy atom. The van der Waals surface area contributed by atoms with E-state index in [4.69, 9.17) is 8.74 Å². The van der Waals surface area contributed by atoms with E-state index in [-0.39, 0.29) is 5.75 Å². The van der Waals surface area contributed by atoms with Crippen molar-refractivity contribution in [2.45, 2.75) is 6.42 Å². The number of aryl methyl sites for hydroxylation is 1. The van der Waals surface area contributed by atoms with Gasteiger partial charge in [-0.1, -0.05) is 68.9 Å². The zero-order valence-corrected chi connectivity index (χ0v) is 15.4. The number of rotatable bonds is 5. The van der Waals surface area contributed by atoms with Gasteiger partial charge in [0.1, 0.15) is 0 Å². The molecule has 2 aromatic carbocycles. The Bertz CT molecular complexity index is 732. The summed E-state index contributed by atoms with van der Waals surface area (Å²) in [5, 5.41) is 0. The van der Waals surface area contributed by atoms with Crippen molar-refractivity contribution in [1.82, 2.24) is 0 Å². The molecule has 0 unspecified atom stereocenters. The van der Waals surface area contributed by atoms with Gasteiger partial charge < -0.3 is 4.18 Å². The van der Waals surface area contributed by atoms with E-state index < -0.39 is 10.4 Å². The van der Waals surface area contributed by atoms with Crippen LogP contribution in [0.4, 0.5) is 0 Å². The first-order valence-corrected chi connectivity index (χ1v) is 9.70. The minimum atomic E-state index is -4.58. The lowest BCUT2D eigenvalue weighted by molar-refractivity contribution is 0.386. The summed E-state index contributed by atoms with van der Waals surface area (Å²) in [6.07, 6.45) is 0.630. The van der Waals surface area contributed by atoms with Crippen molar-refractivity contribution in [3.63, 3.8) is 0 Å². The molecule has 0 fully saturated rings. The molecule has 0 spiro atoms. The Morgan fingerprint density at radius 2 is 1.86 bits per heavy atom. The quantitative estimate of drug-likeness (QED) is 0.392. The Kier molecular flexibility index (Phi) is 5.64. The zero-order valence-electron chi connectivity index (χ0n) is 10.8. The SMILES string of the molecule is O=S(=O)(O)Oc1c(CCI)cc(Br)cc1-c1ccccc1. The molecule has 2 rings (SSSR count). The minimum absolute atomic E-state index is 0.170. The summed E-state index contributed by atoms with van der Waals surface area (Å²) in [6.45, 7) is 0. The van der Waals surface area contributed by atoms with Crippen LogP contribution in [0.5, 0.6) is 5.75 Å². The van der Waals surface area contributed by atoms with E-state index in [0.29, 0.717) is 12.0 Å². The molecule has 1 N–H and O–H groups in total. The Hall–Kier alpha value is -0.640. The lowest BCUT2D eigenvalue weighted by Crippen LogP contribution is -2.10. The van der Waals surface area contributed by atoms with Crippen molar-refractivity contribution < 1.29 is 17.2 Å². The molecule has 4 nitrogen and oxygen atoms in total.